The quantitative estimate of drug-likeness (QED) is 0.766. The molecule has 2 heterocycles. The Morgan fingerprint density at radius 1 is 1.28 bits per heavy atom. The minimum atomic E-state index is -0.901. The number of rotatable bonds is 3. The van der Waals surface area contributed by atoms with E-state index in [1.807, 2.05) is 29.0 Å². The van der Waals surface area contributed by atoms with E-state index in [9.17, 15) is 4.79 Å². The number of hydrogen-bond donors (Lipinski definition) is 1. The molecule has 18 heavy (non-hydrogen) atoms. The van der Waals surface area contributed by atoms with Crippen LogP contribution in [0.1, 0.15) is 15.9 Å². The molecule has 0 spiro atoms. The van der Waals surface area contributed by atoms with Crippen molar-refractivity contribution in [3.05, 3.63) is 60.2 Å². The predicted octanol–water partition coefficient (Wildman–Crippen LogP) is 2.98. The summed E-state index contributed by atoms with van der Waals surface area (Å²) in [6.07, 6.45) is 5.21. The minimum Gasteiger partial charge on any atom is -0.478 e. The van der Waals surface area contributed by atoms with Crippen LogP contribution in [0, 0.1) is 0 Å². The number of hydrogen-bond acceptors (Lipinski definition) is 2. The van der Waals surface area contributed by atoms with Crippen molar-refractivity contribution >= 4 is 16.9 Å². The minimum absolute atomic E-state index is 0.332. The molecule has 0 bridgehead atoms. The number of furan rings is 1. The van der Waals surface area contributed by atoms with E-state index in [4.69, 9.17) is 9.52 Å². The molecule has 2 aromatic heterocycles. The lowest BCUT2D eigenvalue weighted by molar-refractivity contribution is 0.0699. The maximum atomic E-state index is 11.1. The van der Waals surface area contributed by atoms with Crippen LogP contribution in [0.15, 0.2) is 53.5 Å². The van der Waals surface area contributed by atoms with E-state index in [0.29, 0.717) is 12.1 Å². The Morgan fingerprint density at radius 2 is 2.17 bits per heavy atom. The molecule has 0 saturated carbocycles. The zero-order valence-corrected chi connectivity index (χ0v) is 9.54. The summed E-state index contributed by atoms with van der Waals surface area (Å²) in [5, 5.41) is 9.88. The third kappa shape index (κ3) is 1.68. The second-order valence-corrected chi connectivity index (χ2v) is 4.12. The van der Waals surface area contributed by atoms with E-state index in [2.05, 4.69) is 0 Å². The molecule has 0 aliphatic heterocycles. The monoisotopic (exact) mass is 241 g/mol. The Hall–Kier alpha value is -2.49. The summed E-state index contributed by atoms with van der Waals surface area (Å²) in [6, 6.07) is 9.03. The van der Waals surface area contributed by atoms with Crippen molar-refractivity contribution in [3.8, 4) is 0 Å². The first-order chi connectivity index (χ1) is 8.75. The fraction of sp³-hybridized carbons (Fsp3) is 0.0714. The van der Waals surface area contributed by atoms with Gasteiger partial charge in [-0.1, -0.05) is 6.07 Å². The van der Waals surface area contributed by atoms with E-state index < -0.39 is 5.97 Å². The Kier molecular flexibility index (Phi) is 2.41. The van der Waals surface area contributed by atoms with Crippen LogP contribution in [0.4, 0.5) is 0 Å². The highest BCUT2D eigenvalue weighted by molar-refractivity contribution is 6.02. The molecule has 3 rings (SSSR count). The third-order valence-electron chi connectivity index (χ3n) is 2.98. The number of carbonyl (C=O) groups is 1. The van der Waals surface area contributed by atoms with E-state index in [-0.39, 0.29) is 0 Å². The van der Waals surface area contributed by atoms with Gasteiger partial charge in [-0.3, -0.25) is 0 Å². The summed E-state index contributed by atoms with van der Waals surface area (Å²) >= 11 is 0. The number of carboxylic acid groups (broad SMARTS) is 1. The van der Waals surface area contributed by atoms with Crippen LogP contribution in [0.5, 0.6) is 0 Å². The van der Waals surface area contributed by atoms with E-state index in [1.165, 1.54) is 0 Å². The smallest absolute Gasteiger partial charge is 0.336 e. The molecule has 90 valence electrons. The van der Waals surface area contributed by atoms with Gasteiger partial charge in [-0.05, 0) is 24.3 Å². The van der Waals surface area contributed by atoms with Crippen LogP contribution in [-0.2, 0) is 6.54 Å². The molecule has 0 fully saturated rings. The Labute approximate surface area is 103 Å². The first-order valence-corrected chi connectivity index (χ1v) is 5.58. The van der Waals surface area contributed by atoms with E-state index in [1.54, 1.807) is 24.7 Å². The molecule has 4 heteroatoms. The summed E-state index contributed by atoms with van der Waals surface area (Å²) in [5.41, 5.74) is 2.29. The van der Waals surface area contributed by atoms with Gasteiger partial charge >= 0.3 is 5.97 Å². The van der Waals surface area contributed by atoms with Gasteiger partial charge in [0.05, 0.1) is 24.6 Å². The second-order valence-electron chi connectivity index (χ2n) is 4.12. The highest BCUT2D eigenvalue weighted by Crippen LogP contribution is 2.21. The number of benzene rings is 1. The fourth-order valence-corrected chi connectivity index (χ4v) is 2.13. The Bertz CT molecular complexity index is 695. The van der Waals surface area contributed by atoms with Crippen molar-refractivity contribution < 1.29 is 14.3 Å². The van der Waals surface area contributed by atoms with Gasteiger partial charge in [-0.25, -0.2) is 4.79 Å². The molecular weight excluding hydrogens is 230 g/mol. The normalized spacial score (nSPS) is 10.9. The van der Waals surface area contributed by atoms with Crippen molar-refractivity contribution in [2.45, 2.75) is 6.54 Å². The standard InChI is InChI=1S/C14H11NO3/c16-14(17)12-2-1-3-13-11(12)4-6-15(13)8-10-5-7-18-9-10/h1-7,9H,8H2,(H,16,17). The molecule has 1 N–H and O–H groups in total. The first kappa shape index (κ1) is 10.7. The maximum Gasteiger partial charge on any atom is 0.336 e. The Balaban J connectivity index is 2.09. The fourth-order valence-electron chi connectivity index (χ4n) is 2.13. The van der Waals surface area contributed by atoms with Crippen LogP contribution in [-0.4, -0.2) is 15.6 Å². The second kappa shape index (κ2) is 4.07. The zero-order chi connectivity index (χ0) is 12.5. The lowest BCUT2D eigenvalue weighted by Crippen LogP contribution is -1.99. The van der Waals surface area contributed by atoms with Gasteiger partial charge in [0.25, 0.3) is 0 Å². The summed E-state index contributed by atoms with van der Waals surface area (Å²) in [5.74, 6) is -0.901. The summed E-state index contributed by atoms with van der Waals surface area (Å²) in [4.78, 5) is 11.1. The van der Waals surface area contributed by atoms with E-state index in [0.717, 1.165) is 16.5 Å². The lowest BCUT2D eigenvalue weighted by atomic mass is 10.1. The van der Waals surface area contributed by atoms with Crippen LogP contribution in [0.2, 0.25) is 0 Å². The highest BCUT2D eigenvalue weighted by atomic mass is 16.4. The molecule has 4 nitrogen and oxygen atoms in total. The number of nitrogens with zero attached hydrogens (tertiary/aromatic N) is 1. The maximum absolute atomic E-state index is 11.1. The number of aromatic nitrogens is 1. The molecule has 3 aromatic rings. The van der Waals surface area contributed by atoms with Gasteiger partial charge in [0.2, 0.25) is 0 Å². The third-order valence-corrected chi connectivity index (χ3v) is 2.98. The largest absolute Gasteiger partial charge is 0.478 e. The molecule has 0 atom stereocenters. The van der Waals surface area contributed by atoms with Gasteiger partial charge < -0.3 is 14.1 Å². The Morgan fingerprint density at radius 3 is 2.89 bits per heavy atom. The average Bonchev–Trinajstić information content (AvgIpc) is 2.99. The molecule has 0 aliphatic rings. The van der Waals surface area contributed by atoms with Crippen LogP contribution in [0.25, 0.3) is 10.9 Å². The SMILES string of the molecule is O=C(O)c1cccc2c1ccn2Cc1ccoc1. The summed E-state index contributed by atoms with van der Waals surface area (Å²) < 4.78 is 7.04. The number of aromatic carboxylic acids is 1. The van der Waals surface area contributed by atoms with Crippen molar-refractivity contribution in [2.75, 3.05) is 0 Å². The van der Waals surface area contributed by atoms with Crippen LogP contribution < -0.4 is 0 Å². The molecule has 0 amide bonds. The summed E-state index contributed by atoms with van der Waals surface area (Å²) in [6.45, 7) is 0.670. The van der Waals surface area contributed by atoms with Crippen molar-refractivity contribution in [2.24, 2.45) is 0 Å². The predicted molar refractivity (Wildman–Crippen MR) is 66.7 cm³/mol. The van der Waals surface area contributed by atoms with Crippen LogP contribution in [0.3, 0.4) is 0 Å². The average molecular weight is 241 g/mol. The van der Waals surface area contributed by atoms with Crippen molar-refractivity contribution in [1.29, 1.82) is 0 Å². The highest BCUT2D eigenvalue weighted by Gasteiger charge is 2.10. The van der Waals surface area contributed by atoms with Gasteiger partial charge in [0.1, 0.15) is 0 Å². The lowest BCUT2D eigenvalue weighted by Gasteiger charge is -2.04. The zero-order valence-electron chi connectivity index (χ0n) is 9.54. The molecule has 0 radical (unpaired) electrons. The molecular formula is C14H11NO3. The van der Waals surface area contributed by atoms with Gasteiger partial charge in [-0.15, -0.1) is 0 Å². The first-order valence-electron chi connectivity index (χ1n) is 5.58. The molecule has 0 aliphatic carbocycles. The molecule has 0 unspecified atom stereocenters. The van der Waals surface area contributed by atoms with Gasteiger partial charge in [0, 0.05) is 22.7 Å². The number of carboxylic acids is 1. The van der Waals surface area contributed by atoms with Crippen molar-refractivity contribution in [1.82, 2.24) is 4.57 Å². The number of fused-ring (bicyclic) bond motifs is 1. The van der Waals surface area contributed by atoms with Gasteiger partial charge in [0.15, 0.2) is 0 Å². The van der Waals surface area contributed by atoms with Crippen LogP contribution >= 0.6 is 0 Å². The van der Waals surface area contributed by atoms with Crippen molar-refractivity contribution in [3.63, 3.8) is 0 Å². The molecule has 0 saturated heterocycles. The summed E-state index contributed by atoms with van der Waals surface area (Å²) in [7, 11) is 0. The van der Waals surface area contributed by atoms with E-state index >= 15 is 0 Å². The topological polar surface area (TPSA) is 55.4 Å². The molecule has 1 aromatic carbocycles. The van der Waals surface area contributed by atoms with Gasteiger partial charge in [-0.2, -0.15) is 0 Å².